The molecular weight excluding hydrogens is 190 g/mol. The van der Waals surface area contributed by atoms with Crippen molar-refractivity contribution in [1.29, 1.82) is 0 Å². The first-order chi connectivity index (χ1) is 7.20. The molecule has 0 bridgehead atoms. The van der Waals surface area contributed by atoms with E-state index in [1.807, 2.05) is 0 Å². The van der Waals surface area contributed by atoms with E-state index in [9.17, 15) is 4.79 Å². The number of rotatable bonds is 3. The molecule has 0 radical (unpaired) electrons. The van der Waals surface area contributed by atoms with Crippen molar-refractivity contribution in [2.45, 2.75) is 45.1 Å². The van der Waals surface area contributed by atoms with Crippen LogP contribution in [0.4, 0.5) is 0 Å². The highest BCUT2D eigenvalue weighted by atomic mass is 16.4. The normalized spacial score (nSPS) is 33.7. The molecule has 0 aromatic carbocycles. The highest BCUT2D eigenvalue weighted by molar-refractivity contribution is 5.70. The largest absolute Gasteiger partial charge is 0.481 e. The summed E-state index contributed by atoms with van der Waals surface area (Å²) in [7, 11) is 0. The van der Waals surface area contributed by atoms with E-state index in [-0.39, 0.29) is 5.92 Å². The highest BCUT2D eigenvalue weighted by Gasteiger charge is 2.34. The SMILES string of the molecule is CCC1CN(C2CCC(C(=O)O)CC2)C1. The van der Waals surface area contributed by atoms with Gasteiger partial charge >= 0.3 is 5.97 Å². The number of aliphatic carboxylic acids is 1. The molecule has 1 aliphatic heterocycles. The van der Waals surface area contributed by atoms with E-state index in [0.717, 1.165) is 31.6 Å². The predicted molar refractivity (Wildman–Crippen MR) is 58.7 cm³/mol. The first-order valence-corrected chi connectivity index (χ1v) is 6.17. The zero-order chi connectivity index (χ0) is 10.8. The van der Waals surface area contributed by atoms with Crippen LogP contribution in [0.5, 0.6) is 0 Å². The van der Waals surface area contributed by atoms with Gasteiger partial charge in [0.1, 0.15) is 0 Å². The van der Waals surface area contributed by atoms with Gasteiger partial charge in [0.2, 0.25) is 0 Å². The topological polar surface area (TPSA) is 40.5 Å². The Morgan fingerprint density at radius 2 is 1.87 bits per heavy atom. The van der Waals surface area contributed by atoms with Crippen LogP contribution in [0, 0.1) is 11.8 Å². The van der Waals surface area contributed by atoms with E-state index in [4.69, 9.17) is 5.11 Å². The lowest BCUT2D eigenvalue weighted by atomic mass is 9.83. The number of hydrogen-bond acceptors (Lipinski definition) is 2. The van der Waals surface area contributed by atoms with Crippen molar-refractivity contribution in [3.05, 3.63) is 0 Å². The lowest BCUT2D eigenvalue weighted by Gasteiger charge is -2.46. The molecule has 2 aliphatic rings. The monoisotopic (exact) mass is 211 g/mol. The van der Waals surface area contributed by atoms with Crippen molar-refractivity contribution in [3.63, 3.8) is 0 Å². The third kappa shape index (κ3) is 2.33. The second kappa shape index (κ2) is 4.52. The van der Waals surface area contributed by atoms with Gasteiger partial charge in [0, 0.05) is 19.1 Å². The first kappa shape index (κ1) is 10.9. The maximum atomic E-state index is 10.8. The number of carbonyl (C=O) groups is 1. The van der Waals surface area contributed by atoms with Gasteiger partial charge in [0.05, 0.1) is 5.92 Å². The maximum Gasteiger partial charge on any atom is 0.306 e. The summed E-state index contributed by atoms with van der Waals surface area (Å²) in [6.45, 7) is 4.75. The zero-order valence-electron chi connectivity index (χ0n) is 9.48. The number of likely N-dealkylation sites (tertiary alicyclic amines) is 1. The average Bonchev–Trinajstić information content (AvgIpc) is 2.17. The predicted octanol–water partition coefficient (Wildman–Crippen LogP) is 1.97. The van der Waals surface area contributed by atoms with Crippen LogP contribution in [0.3, 0.4) is 0 Å². The van der Waals surface area contributed by atoms with Gasteiger partial charge in [-0.1, -0.05) is 13.3 Å². The fourth-order valence-electron chi connectivity index (χ4n) is 2.85. The van der Waals surface area contributed by atoms with Crippen molar-refractivity contribution in [2.24, 2.45) is 11.8 Å². The van der Waals surface area contributed by atoms with Crippen LogP contribution in [-0.2, 0) is 4.79 Å². The van der Waals surface area contributed by atoms with Crippen LogP contribution >= 0.6 is 0 Å². The lowest BCUT2D eigenvalue weighted by Crippen LogP contribution is -2.52. The lowest BCUT2D eigenvalue weighted by molar-refractivity contribution is -0.143. The molecule has 1 aliphatic carbocycles. The fourth-order valence-corrected chi connectivity index (χ4v) is 2.85. The third-order valence-corrected chi connectivity index (χ3v) is 4.13. The quantitative estimate of drug-likeness (QED) is 0.776. The highest BCUT2D eigenvalue weighted by Crippen LogP contribution is 2.32. The zero-order valence-corrected chi connectivity index (χ0v) is 9.48. The minimum absolute atomic E-state index is 0.0653. The van der Waals surface area contributed by atoms with Gasteiger partial charge in [-0.25, -0.2) is 0 Å². The molecule has 0 aromatic rings. The Hall–Kier alpha value is -0.570. The summed E-state index contributed by atoms with van der Waals surface area (Å²) in [5, 5.41) is 8.90. The molecule has 2 fully saturated rings. The molecule has 1 saturated heterocycles. The Morgan fingerprint density at radius 1 is 1.27 bits per heavy atom. The molecule has 0 spiro atoms. The minimum Gasteiger partial charge on any atom is -0.481 e. The summed E-state index contributed by atoms with van der Waals surface area (Å²) in [5.74, 6) is 0.246. The fraction of sp³-hybridized carbons (Fsp3) is 0.917. The van der Waals surface area contributed by atoms with Crippen LogP contribution in [0.25, 0.3) is 0 Å². The Kier molecular flexibility index (Phi) is 3.29. The second-order valence-electron chi connectivity index (χ2n) is 5.07. The van der Waals surface area contributed by atoms with E-state index in [0.29, 0.717) is 6.04 Å². The molecule has 2 rings (SSSR count). The van der Waals surface area contributed by atoms with E-state index in [1.54, 1.807) is 0 Å². The molecule has 3 heteroatoms. The van der Waals surface area contributed by atoms with E-state index in [2.05, 4.69) is 11.8 Å². The smallest absolute Gasteiger partial charge is 0.306 e. The summed E-state index contributed by atoms with van der Waals surface area (Å²) < 4.78 is 0. The first-order valence-electron chi connectivity index (χ1n) is 6.17. The molecule has 1 N–H and O–H groups in total. The van der Waals surface area contributed by atoms with Gasteiger partial charge in [-0.15, -0.1) is 0 Å². The van der Waals surface area contributed by atoms with Gasteiger partial charge in [0.25, 0.3) is 0 Å². The summed E-state index contributed by atoms with van der Waals surface area (Å²) in [6, 6.07) is 0.684. The molecule has 3 nitrogen and oxygen atoms in total. The number of nitrogens with zero attached hydrogens (tertiary/aromatic N) is 1. The van der Waals surface area contributed by atoms with Gasteiger partial charge in [-0.3, -0.25) is 9.69 Å². The average molecular weight is 211 g/mol. The molecule has 15 heavy (non-hydrogen) atoms. The van der Waals surface area contributed by atoms with Crippen LogP contribution in [0.1, 0.15) is 39.0 Å². The van der Waals surface area contributed by atoms with Crippen molar-refractivity contribution in [1.82, 2.24) is 4.90 Å². The minimum atomic E-state index is -0.594. The van der Waals surface area contributed by atoms with Crippen molar-refractivity contribution < 1.29 is 9.90 Å². The van der Waals surface area contributed by atoms with Crippen molar-refractivity contribution in [3.8, 4) is 0 Å². The molecule has 0 aromatic heterocycles. The maximum absolute atomic E-state index is 10.8. The van der Waals surface area contributed by atoms with Gasteiger partial charge in [-0.05, 0) is 31.6 Å². The van der Waals surface area contributed by atoms with E-state index < -0.39 is 5.97 Å². The summed E-state index contributed by atoms with van der Waals surface area (Å²) >= 11 is 0. The molecule has 1 saturated carbocycles. The Morgan fingerprint density at radius 3 is 2.33 bits per heavy atom. The molecule has 86 valence electrons. The van der Waals surface area contributed by atoms with E-state index in [1.165, 1.54) is 19.5 Å². The number of carboxylic acid groups (broad SMARTS) is 1. The van der Waals surface area contributed by atoms with Gasteiger partial charge in [-0.2, -0.15) is 0 Å². The Labute approximate surface area is 91.5 Å². The van der Waals surface area contributed by atoms with Crippen LogP contribution < -0.4 is 0 Å². The Balaban J connectivity index is 1.73. The van der Waals surface area contributed by atoms with Gasteiger partial charge < -0.3 is 5.11 Å². The van der Waals surface area contributed by atoms with Crippen molar-refractivity contribution in [2.75, 3.05) is 13.1 Å². The molecule has 0 unspecified atom stereocenters. The third-order valence-electron chi connectivity index (χ3n) is 4.13. The molecule has 1 heterocycles. The van der Waals surface area contributed by atoms with E-state index >= 15 is 0 Å². The Bertz CT molecular complexity index is 228. The van der Waals surface area contributed by atoms with Crippen molar-refractivity contribution >= 4 is 5.97 Å². The molecule has 0 amide bonds. The van der Waals surface area contributed by atoms with Gasteiger partial charge in [0.15, 0.2) is 0 Å². The number of carboxylic acids is 1. The summed E-state index contributed by atoms with van der Waals surface area (Å²) in [6.07, 6.45) is 5.24. The summed E-state index contributed by atoms with van der Waals surface area (Å²) in [4.78, 5) is 13.3. The van der Waals surface area contributed by atoms with Crippen LogP contribution in [0.15, 0.2) is 0 Å². The second-order valence-corrected chi connectivity index (χ2v) is 5.07. The number of hydrogen-bond donors (Lipinski definition) is 1. The van der Waals surface area contributed by atoms with Crippen LogP contribution in [0.2, 0.25) is 0 Å². The van der Waals surface area contributed by atoms with Crippen LogP contribution in [-0.4, -0.2) is 35.1 Å². The molecule has 0 atom stereocenters. The standard InChI is InChI=1S/C12H21NO2/c1-2-9-7-13(8-9)11-5-3-10(4-6-11)12(14)15/h9-11H,2-8H2,1H3,(H,14,15). The summed E-state index contributed by atoms with van der Waals surface area (Å²) in [5.41, 5.74) is 0. The molecular formula is C12H21NO2.